The molecule has 1 aliphatic carbocycles. The maximum atomic E-state index is 12.9. The largest absolute Gasteiger partial charge is 0.375 e. The highest BCUT2D eigenvalue weighted by atomic mass is 16.5. The van der Waals surface area contributed by atoms with Gasteiger partial charge in [-0.05, 0) is 78.4 Å². The quantitative estimate of drug-likeness (QED) is 0.416. The number of ether oxygens (including phenoxy) is 1. The fraction of sp³-hybridized carbons (Fsp3) is 0.344. The Bertz CT molecular complexity index is 1360. The first kappa shape index (κ1) is 27.6. The van der Waals surface area contributed by atoms with Crippen LogP contribution in [-0.2, 0) is 20.9 Å². The number of hydrogen-bond acceptors (Lipinski definition) is 5. The number of carbonyl (C=O) groups excluding carboxylic acids is 3. The van der Waals surface area contributed by atoms with Crippen molar-refractivity contribution < 1.29 is 19.1 Å². The van der Waals surface area contributed by atoms with Crippen LogP contribution in [0.2, 0.25) is 0 Å². The third-order valence-electron chi connectivity index (χ3n) is 7.52. The highest BCUT2D eigenvalue weighted by Crippen LogP contribution is 2.32. The van der Waals surface area contributed by atoms with Crippen LogP contribution in [0.5, 0.6) is 0 Å². The van der Waals surface area contributed by atoms with E-state index in [1.165, 1.54) is 7.11 Å². The monoisotopic (exact) mass is 540 g/mol. The lowest BCUT2D eigenvalue weighted by Gasteiger charge is -2.34. The molecule has 0 unspecified atom stereocenters. The van der Waals surface area contributed by atoms with Gasteiger partial charge in [-0.3, -0.25) is 19.3 Å². The van der Waals surface area contributed by atoms with Crippen LogP contribution in [0.25, 0.3) is 11.1 Å². The molecule has 0 radical (unpaired) electrons. The Morgan fingerprint density at radius 3 is 2.17 bits per heavy atom. The molecular formula is C32H36N4O4. The molecule has 0 spiro atoms. The minimum Gasteiger partial charge on any atom is -0.375 e. The Kier molecular flexibility index (Phi) is 8.57. The van der Waals surface area contributed by atoms with Crippen molar-refractivity contribution in [1.82, 2.24) is 9.80 Å². The van der Waals surface area contributed by atoms with Gasteiger partial charge in [-0.15, -0.1) is 0 Å². The molecule has 1 saturated carbocycles. The molecule has 0 bridgehead atoms. The molecule has 40 heavy (non-hydrogen) atoms. The zero-order valence-electron chi connectivity index (χ0n) is 23.1. The van der Waals surface area contributed by atoms with E-state index in [0.29, 0.717) is 18.7 Å². The van der Waals surface area contributed by atoms with E-state index < -0.39 is 0 Å². The molecule has 5 rings (SSSR count). The van der Waals surface area contributed by atoms with E-state index in [-0.39, 0.29) is 30.2 Å². The van der Waals surface area contributed by atoms with Crippen molar-refractivity contribution in [3.05, 3.63) is 83.4 Å². The van der Waals surface area contributed by atoms with Crippen molar-refractivity contribution in [2.24, 2.45) is 5.92 Å². The van der Waals surface area contributed by atoms with Gasteiger partial charge in [-0.1, -0.05) is 30.3 Å². The lowest BCUT2D eigenvalue weighted by atomic mass is 9.98. The molecule has 2 aliphatic rings. The van der Waals surface area contributed by atoms with Gasteiger partial charge < -0.3 is 20.3 Å². The first-order valence-electron chi connectivity index (χ1n) is 13.8. The molecule has 0 aromatic heterocycles. The summed E-state index contributed by atoms with van der Waals surface area (Å²) >= 11 is 0. The van der Waals surface area contributed by atoms with Gasteiger partial charge in [-0.25, -0.2) is 0 Å². The normalized spacial score (nSPS) is 15.5. The minimum atomic E-state index is -0.168. The third-order valence-corrected chi connectivity index (χ3v) is 7.52. The summed E-state index contributed by atoms with van der Waals surface area (Å²) in [5.41, 5.74) is 6.38. The smallest absolute Gasteiger partial charge is 0.255 e. The second kappa shape index (κ2) is 12.4. The predicted molar refractivity (Wildman–Crippen MR) is 156 cm³/mol. The number of anilines is 2. The molecule has 0 atom stereocenters. The lowest BCUT2D eigenvalue weighted by molar-refractivity contribution is -0.137. The average Bonchev–Trinajstić information content (AvgIpc) is 3.82. The molecule has 3 aromatic carbocycles. The van der Waals surface area contributed by atoms with Crippen LogP contribution in [0.3, 0.4) is 0 Å². The van der Waals surface area contributed by atoms with Gasteiger partial charge in [0.2, 0.25) is 11.8 Å². The van der Waals surface area contributed by atoms with Crippen LogP contribution in [0.4, 0.5) is 11.4 Å². The topological polar surface area (TPSA) is 91.0 Å². The van der Waals surface area contributed by atoms with Gasteiger partial charge in [0.1, 0.15) is 6.61 Å². The SMILES string of the molecule is COCC(=O)N1CCN(Cc2ccc(NC(=O)c3ccc(-c4cc(NC(=O)C5CC5)ccc4C)cc3)cc2)CC1. The van der Waals surface area contributed by atoms with E-state index in [9.17, 15) is 14.4 Å². The van der Waals surface area contributed by atoms with E-state index in [4.69, 9.17) is 4.74 Å². The number of aryl methyl sites for hydroxylation is 1. The summed E-state index contributed by atoms with van der Waals surface area (Å²) in [6.45, 7) is 6.02. The van der Waals surface area contributed by atoms with Crippen LogP contribution < -0.4 is 10.6 Å². The minimum absolute atomic E-state index is 0.0373. The van der Waals surface area contributed by atoms with Gasteiger partial charge in [0.25, 0.3) is 5.91 Å². The summed E-state index contributed by atoms with van der Waals surface area (Å²) in [6, 6.07) is 21.4. The van der Waals surface area contributed by atoms with Gasteiger partial charge in [-0.2, -0.15) is 0 Å². The molecule has 208 valence electrons. The zero-order chi connectivity index (χ0) is 28.1. The highest BCUT2D eigenvalue weighted by molar-refractivity contribution is 6.04. The Labute approximate surface area is 235 Å². The van der Waals surface area contributed by atoms with Gasteiger partial charge in [0, 0.05) is 62.7 Å². The van der Waals surface area contributed by atoms with Crippen molar-refractivity contribution in [3.8, 4) is 11.1 Å². The Morgan fingerprint density at radius 2 is 1.52 bits per heavy atom. The van der Waals surface area contributed by atoms with Gasteiger partial charge in [0.05, 0.1) is 0 Å². The third kappa shape index (κ3) is 6.94. The molecule has 2 fully saturated rings. The molecule has 8 heteroatoms. The Hall–Kier alpha value is -4.01. The van der Waals surface area contributed by atoms with Crippen LogP contribution >= 0.6 is 0 Å². The molecule has 1 aliphatic heterocycles. The molecule has 1 heterocycles. The van der Waals surface area contributed by atoms with Crippen molar-refractivity contribution in [2.45, 2.75) is 26.3 Å². The Balaban J connectivity index is 1.14. The molecular weight excluding hydrogens is 504 g/mol. The van der Waals surface area contributed by atoms with Crippen molar-refractivity contribution in [3.63, 3.8) is 0 Å². The van der Waals surface area contributed by atoms with E-state index in [1.54, 1.807) is 0 Å². The van der Waals surface area contributed by atoms with Crippen molar-refractivity contribution >= 4 is 29.1 Å². The van der Waals surface area contributed by atoms with Gasteiger partial charge in [0.15, 0.2) is 0 Å². The number of hydrogen-bond donors (Lipinski definition) is 2. The van der Waals surface area contributed by atoms with Gasteiger partial charge >= 0.3 is 0 Å². The molecule has 2 N–H and O–H groups in total. The second-order valence-corrected chi connectivity index (χ2v) is 10.6. The number of methoxy groups -OCH3 is 1. The lowest BCUT2D eigenvalue weighted by Crippen LogP contribution is -2.49. The van der Waals surface area contributed by atoms with Crippen molar-refractivity contribution in [2.75, 3.05) is 50.5 Å². The Morgan fingerprint density at radius 1 is 0.850 bits per heavy atom. The number of nitrogens with zero attached hydrogens (tertiary/aromatic N) is 2. The zero-order valence-corrected chi connectivity index (χ0v) is 23.1. The summed E-state index contributed by atoms with van der Waals surface area (Å²) in [5, 5.41) is 5.99. The molecule has 3 aromatic rings. The summed E-state index contributed by atoms with van der Waals surface area (Å²) in [5.74, 6) is 0.108. The number of carbonyl (C=O) groups is 3. The number of piperazine rings is 1. The van der Waals surface area contributed by atoms with Crippen LogP contribution in [0, 0.1) is 12.8 Å². The van der Waals surface area contributed by atoms with E-state index in [2.05, 4.69) is 15.5 Å². The predicted octanol–water partition coefficient (Wildman–Crippen LogP) is 4.55. The van der Waals surface area contributed by atoms with Crippen LogP contribution in [0.15, 0.2) is 66.7 Å². The number of amides is 3. The summed E-state index contributed by atoms with van der Waals surface area (Å²) in [4.78, 5) is 41.2. The first-order chi connectivity index (χ1) is 19.4. The number of benzene rings is 3. The second-order valence-electron chi connectivity index (χ2n) is 10.6. The summed E-state index contributed by atoms with van der Waals surface area (Å²) in [7, 11) is 1.54. The standard InChI is InChI=1S/C32H36N4O4/c1-22-3-12-28(34-32(39)26-10-11-26)19-29(22)24-6-8-25(9-7-24)31(38)33-27-13-4-23(5-14-27)20-35-15-17-36(18-16-35)30(37)21-40-2/h3-9,12-14,19,26H,10-11,15-18,20-21H2,1-2H3,(H,33,38)(H,34,39). The fourth-order valence-corrected chi connectivity index (χ4v) is 4.93. The first-order valence-corrected chi connectivity index (χ1v) is 13.8. The maximum absolute atomic E-state index is 12.9. The van der Waals surface area contributed by atoms with Crippen LogP contribution in [0.1, 0.15) is 34.3 Å². The van der Waals surface area contributed by atoms with Crippen molar-refractivity contribution in [1.29, 1.82) is 0 Å². The summed E-state index contributed by atoms with van der Waals surface area (Å²) in [6.07, 6.45) is 1.94. The summed E-state index contributed by atoms with van der Waals surface area (Å²) < 4.78 is 4.95. The van der Waals surface area contributed by atoms with E-state index >= 15 is 0 Å². The molecule has 1 saturated heterocycles. The maximum Gasteiger partial charge on any atom is 0.255 e. The molecule has 3 amide bonds. The highest BCUT2D eigenvalue weighted by Gasteiger charge is 2.29. The number of nitrogens with one attached hydrogen (secondary N) is 2. The van der Waals surface area contributed by atoms with E-state index in [0.717, 1.165) is 66.1 Å². The molecule has 8 nitrogen and oxygen atoms in total. The van der Waals surface area contributed by atoms with Crippen LogP contribution in [-0.4, -0.2) is 67.4 Å². The fourth-order valence-electron chi connectivity index (χ4n) is 4.93. The van der Waals surface area contributed by atoms with E-state index in [1.807, 2.05) is 78.6 Å². The number of rotatable bonds is 9. The average molecular weight is 541 g/mol.